The minimum Gasteiger partial charge on any atom is -0.315 e. The van der Waals surface area contributed by atoms with Gasteiger partial charge in [-0.1, -0.05) is 6.07 Å². The maximum atomic E-state index is 13.1. The van der Waals surface area contributed by atoms with E-state index < -0.39 is 0 Å². The third-order valence-corrected chi connectivity index (χ3v) is 3.30. The monoisotopic (exact) mass is 245 g/mol. The second kappa shape index (κ2) is 5.00. The Bertz CT molecular complexity index is 548. The molecular formula is C14H16FN3. The first-order valence-electron chi connectivity index (χ1n) is 6.33. The molecule has 0 amide bonds. The number of hydrogen-bond donors (Lipinski definition) is 2. The van der Waals surface area contributed by atoms with Gasteiger partial charge in [0, 0.05) is 11.9 Å². The third-order valence-electron chi connectivity index (χ3n) is 3.30. The van der Waals surface area contributed by atoms with Crippen molar-refractivity contribution >= 4 is 10.9 Å². The molecule has 3 nitrogen and oxygen atoms in total. The van der Waals surface area contributed by atoms with Crippen molar-refractivity contribution in [3.8, 4) is 0 Å². The third kappa shape index (κ3) is 2.35. The van der Waals surface area contributed by atoms with Crippen molar-refractivity contribution in [3.63, 3.8) is 0 Å². The van der Waals surface area contributed by atoms with Crippen LogP contribution in [0.3, 0.4) is 0 Å². The molecule has 0 spiro atoms. The highest BCUT2D eigenvalue weighted by Crippen LogP contribution is 2.18. The first kappa shape index (κ1) is 11.6. The number of nitrogens with one attached hydrogen (secondary N) is 2. The number of rotatable bonds is 1. The highest BCUT2D eigenvalue weighted by molar-refractivity contribution is 5.78. The van der Waals surface area contributed by atoms with Gasteiger partial charge in [-0.15, -0.1) is 0 Å². The van der Waals surface area contributed by atoms with E-state index in [2.05, 4.69) is 15.6 Å². The molecule has 3 rings (SSSR count). The molecule has 2 aromatic rings. The summed E-state index contributed by atoms with van der Waals surface area (Å²) in [6.45, 7) is 2.93. The normalized spacial score (nSPS) is 20.8. The second-order valence-electron chi connectivity index (χ2n) is 4.64. The molecule has 1 aliphatic heterocycles. The van der Waals surface area contributed by atoms with Crippen LogP contribution in [-0.2, 0) is 0 Å². The standard InChI is InChI=1S/C14H16FN3/c15-11-3-5-12-10(8-11)2-4-13(18-12)14-9-16-6-1-7-17-14/h2-5,8,14,16-17H,1,6-7,9H2. The first-order valence-corrected chi connectivity index (χ1v) is 6.33. The minimum atomic E-state index is -0.216. The lowest BCUT2D eigenvalue weighted by Gasteiger charge is -2.15. The summed E-state index contributed by atoms with van der Waals surface area (Å²) in [4.78, 5) is 4.61. The molecule has 1 aromatic carbocycles. The molecule has 1 aliphatic rings. The molecule has 0 radical (unpaired) electrons. The van der Waals surface area contributed by atoms with E-state index in [0.29, 0.717) is 0 Å². The lowest BCUT2D eigenvalue weighted by molar-refractivity contribution is 0.541. The minimum absolute atomic E-state index is 0.216. The largest absolute Gasteiger partial charge is 0.315 e. The summed E-state index contributed by atoms with van der Waals surface area (Å²) < 4.78 is 13.1. The molecule has 0 saturated carbocycles. The molecule has 18 heavy (non-hydrogen) atoms. The highest BCUT2D eigenvalue weighted by Gasteiger charge is 2.14. The van der Waals surface area contributed by atoms with Gasteiger partial charge in [0.05, 0.1) is 17.3 Å². The molecule has 94 valence electrons. The van der Waals surface area contributed by atoms with Gasteiger partial charge < -0.3 is 10.6 Å². The second-order valence-corrected chi connectivity index (χ2v) is 4.64. The predicted octanol–water partition coefficient (Wildman–Crippen LogP) is 2.00. The summed E-state index contributed by atoms with van der Waals surface area (Å²) in [5.74, 6) is -0.216. The Morgan fingerprint density at radius 1 is 1.17 bits per heavy atom. The van der Waals surface area contributed by atoms with Gasteiger partial charge in [0.15, 0.2) is 0 Å². The molecule has 1 unspecified atom stereocenters. The Labute approximate surface area is 105 Å². The van der Waals surface area contributed by atoms with Gasteiger partial charge in [-0.05, 0) is 43.8 Å². The number of nitrogens with zero attached hydrogens (tertiary/aromatic N) is 1. The first-order chi connectivity index (χ1) is 8.83. The zero-order valence-electron chi connectivity index (χ0n) is 10.1. The SMILES string of the molecule is Fc1ccc2nc(C3CNCCCN3)ccc2c1. The van der Waals surface area contributed by atoms with E-state index in [1.54, 1.807) is 6.07 Å². The number of aromatic nitrogens is 1. The fourth-order valence-corrected chi connectivity index (χ4v) is 2.32. The number of benzene rings is 1. The van der Waals surface area contributed by atoms with Gasteiger partial charge in [-0.2, -0.15) is 0 Å². The topological polar surface area (TPSA) is 37.0 Å². The molecule has 1 atom stereocenters. The van der Waals surface area contributed by atoms with E-state index in [0.717, 1.165) is 42.7 Å². The number of halogens is 1. The molecule has 1 fully saturated rings. The van der Waals surface area contributed by atoms with Gasteiger partial charge >= 0.3 is 0 Å². The summed E-state index contributed by atoms with van der Waals surface area (Å²) in [5.41, 5.74) is 1.86. The van der Waals surface area contributed by atoms with E-state index >= 15 is 0 Å². The average molecular weight is 245 g/mol. The van der Waals surface area contributed by atoms with Crippen molar-refractivity contribution in [2.24, 2.45) is 0 Å². The highest BCUT2D eigenvalue weighted by atomic mass is 19.1. The van der Waals surface area contributed by atoms with Crippen molar-refractivity contribution < 1.29 is 4.39 Å². The number of fused-ring (bicyclic) bond motifs is 1. The van der Waals surface area contributed by atoms with Crippen LogP contribution in [0, 0.1) is 5.82 Å². The summed E-state index contributed by atoms with van der Waals surface area (Å²) >= 11 is 0. The maximum absolute atomic E-state index is 13.1. The summed E-state index contributed by atoms with van der Waals surface area (Å²) in [6, 6.07) is 8.86. The molecular weight excluding hydrogens is 229 g/mol. The van der Waals surface area contributed by atoms with E-state index in [-0.39, 0.29) is 11.9 Å². The zero-order chi connectivity index (χ0) is 12.4. The Balaban J connectivity index is 1.94. The summed E-state index contributed by atoms with van der Waals surface area (Å²) in [5, 5.41) is 7.71. The van der Waals surface area contributed by atoms with E-state index in [4.69, 9.17) is 0 Å². The van der Waals surface area contributed by atoms with Crippen LogP contribution in [0.2, 0.25) is 0 Å². The van der Waals surface area contributed by atoms with Crippen LogP contribution in [0.25, 0.3) is 10.9 Å². The van der Waals surface area contributed by atoms with Crippen molar-refractivity contribution in [2.75, 3.05) is 19.6 Å². The number of pyridine rings is 1. The lowest BCUT2D eigenvalue weighted by Crippen LogP contribution is -2.28. The fourth-order valence-electron chi connectivity index (χ4n) is 2.32. The van der Waals surface area contributed by atoms with Crippen molar-refractivity contribution in [3.05, 3.63) is 41.8 Å². The van der Waals surface area contributed by atoms with Crippen LogP contribution in [0.1, 0.15) is 18.2 Å². The van der Waals surface area contributed by atoms with Gasteiger partial charge in [0.1, 0.15) is 5.82 Å². The van der Waals surface area contributed by atoms with Gasteiger partial charge in [-0.3, -0.25) is 4.98 Å². The Morgan fingerprint density at radius 3 is 3.06 bits per heavy atom. The molecule has 1 aromatic heterocycles. The van der Waals surface area contributed by atoms with Gasteiger partial charge in [0.2, 0.25) is 0 Å². The van der Waals surface area contributed by atoms with Crippen LogP contribution in [0.15, 0.2) is 30.3 Å². The number of hydrogen-bond acceptors (Lipinski definition) is 3. The fraction of sp³-hybridized carbons (Fsp3) is 0.357. The summed E-state index contributed by atoms with van der Waals surface area (Å²) in [7, 11) is 0. The molecule has 1 saturated heterocycles. The van der Waals surface area contributed by atoms with Crippen LogP contribution in [0.4, 0.5) is 4.39 Å². The Morgan fingerprint density at radius 2 is 2.11 bits per heavy atom. The van der Waals surface area contributed by atoms with Crippen LogP contribution < -0.4 is 10.6 Å². The molecule has 2 N–H and O–H groups in total. The van der Waals surface area contributed by atoms with Crippen molar-refractivity contribution in [1.29, 1.82) is 0 Å². The van der Waals surface area contributed by atoms with Crippen LogP contribution >= 0.6 is 0 Å². The van der Waals surface area contributed by atoms with Crippen molar-refractivity contribution in [1.82, 2.24) is 15.6 Å². The average Bonchev–Trinajstić information content (AvgIpc) is 2.67. The van der Waals surface area contributed by atoms with E-state index in [1.807, 2.05) is 12.1 Å². The molecule has 0 aliphatic carbocycles. The van der Waals surface area contributed by atoms with Crippen LogP contribution in [0.5, 0.6) is 0 Å². The van der Waals surface area contributed by atoms with E-state index in [9.17, 15) is 4.39 Å². The zero-order valence-corrected chi connectivity index (χ0v) is 10.1. The van der Waals surface area contributed by atoms with Gasteiger partial charge in [0.25, 0.3) is 0 Å². The Hall–Kier alpha value is -1.52. The Kier molecular flexibility index (Phi) is 3.21. The smallest absolute Gasteiger partial charge is 0.123 e. The summed E-state index contributed by atoms with van der Waals surface area (Å²) in [6.07, 6.45) is 1.13. The molecule has 2 heterocycles. The molecule has 4 heteroatoms. The predicted molar refractivity (Wildman–Crippen MR) is 69.9 cm³/mol. The van der Waals surface area contributed by atoms with Crippen molar-refractivity contribution in [2.45, 2.75) is 12.5 Å². The lowest BCUT2D eigenvalue weighted by atomic mass is 10.1. The van der Waals surface area contributed by atoms with Crippen LogP contribution in [-0.4, -0.2) is 24.6 Å². The maximum Gasteiger partial charge on any atom is 0.123 e. The molecule has 0 bridgehead atoms. The quantitative estimate of drug-likeness (QED) is 0.807. The van der Waals surface area contributed by atoms with E-state index in [1.165, 1.54) is 12.1 Å². The van der Waals surface area contributed by atoms with Gasteiger partial charge in [-0.25, -0.2) is 4.39 Å².